The Bertz CT molecular complexity index is 658. The lowest BCUT2D eigenvalue weighted by Crippen LogP contribution is -2.18. The Morgan fingerprint density at radius 2 is 2.05 bits per heavy atom. The van der Waals surface area contributed by atoms with E-state index in [-0.39, 0.29) is 22.5 Å². The van der Waals surface area contributed by atoms with Gasteiger partial charge in [0.1, 0.15) is 5.82 Å². The number of nitro benzene ring substituents is 1. The molecule has 0 radical (unpaired) electrons. The van der Waals surface area contributed by atoms with E-state index in [0.717, 1.165) is 11.1 Å². The van der Waals surface area contributed by atoms with Crippen molar-refractivity contribution in [2.24, 2.45) is 0 Å². The smallest absolute Gasteiger partial charge is 0.272 e. The maximum Gasteiger partial charge on any atom is 0.272 e. The molecule has 2 rings (SSSR count). The minimum Gasteiger partial charge on any atom is -0.306 e. The quantitative estimate of drug-likeness (QED) is 0.670. The highest BCUT2D eigenvalue weighted by molar-refractivity contribution is 5.42. The Morgan fingerprint density at radius 1 is 1.29 bits per heavy atom. The van der Waals surface area contributed by atoms with E-state index in [0.29, 0.717) is 12.1 Å². The van der Waals surface area contributed by atoms with Gasteiger partial charge in [-0.2, -0.15) is 0 Å². The van der Waals surface area contributed by atoms with Gasteiger partial charge in [0.15, 0.2) is 0 Å². The zero-order valence-corrected chi connectivity index (χ0v) is 12.0. The van der Waals surface area contributed by atoms with Crippen LogP contribution in [0.5, 0.6) is 0 Å². The van der Waals surface area contributed by atoms with Crippen molar-refractivity contribution >= 4 is 5.69 Å². The number of halogens is 1. The number of rotatable bonds is 5. The van der Waals surface area contributed by atoms with Gasteiger partial charge in [-0.05, 0) is 37.1 Å². The summed E-state index contributed by atoms with van der Waals surface area (Å²) in [5, 5.41) is 14.2. The third kappa shape index (κ3) is 3.86. The molecule has 110 valence electrons. The van der Waals surface area contributed by atoms with Gasteiger partial charge in [0, 0.05) is 24.2 Å². The lowest BCUT2D eigenvalue weighted by Gasteiger charge is -2.14. The average Bonchev–Trinajstić information content (AvgIpc) is 2.45. The van der Waals surface area contributed by atoms with Gasteiger partial charge in [-0.15, -0.1) is 0 Å². The van der Waals surface area contributed by atoms with Crippen LogP contribution >= 0.6 is 0 Å². The second kappa shape index (κ2) is 6.45. The highest BCUT2D eigenvalue weighted by Gasteiger charge is 2.12. The van der Waals surface area contributed by atoms with Gasteiger partial charge >= 0.3 is 0 Å². The van der Waals surface area contributed by atoms with E-state index in [9.17, 15) is 14.5 Å². The fourth-order valence-corrected chi connectivity index (χ4v) is 2.13. The maximum atomic E-state index is 13.2. The molecule has 0 bridgehead atoms. The second-order valence-corrected chi connectivity index (χ2v) is 5.04. The van der Waals surface area contributed by atoms with E-state index in [4.69, 9.17) is 0 Å². The molecule has 21 heavy (non-hydrogen) atoms. The predicted molar refractivity (Wildman–Crippen MR) is 79.5 cm³/mol. The van der Waals surface area contributed by atoms with Crippen LogP contribution in [-0.2, 0) is 6.54 Å². The number of nitro groups is 1. The van der Waals surface area contributed by atoms with Gasteiger partial charge in [-0.3, -0.25) is 10.1 Å². The van der Waals surface area contributed by atoms with Crippen molar-refractivity contribution in [1.82, 2.24) is 5.32 Å². The van der Waals surface area contributed by atoms with Crippen LogP contribution in [0.4, 0.5) is 10.1 Å². The van der Waals surface area contributed by atoms with Crippen LogP contribution in [-0.4, -0.2) is 4.92 Å². The first kappa shape index (κ1) is 15.1. The van der Waals surface area contributed by atoms with Crippen LogP contribution in [0.1, 0.15) is 29.7 Å². The number of nitrogens with one attached hydrogen (secondary N) is 1. The molecule has 0 aliphatic carbocycles. The Kier molecular flexibility index (Phi) is 4.65. The highest BCUT2D eigenvalue weighted by Crippen LogP contribution is 2.20. The topological polar surface area (TPSA) is 55.2 Å². The normalized spacial score (nSPS) is 12.1. The Labute approximate surface area is 122 Å². The Morgan fingerprint density at radius 3 is 2.71 bits per heavy atom. The fourth-order valence-electron chi connectivity index (χ4n) is 2.13. The van der Waals surface area contributed by atoms with E-state index in [1.54, 1.807) is 25.1 Å². The minimum absolute atomic E-state index is 0.0407. The summed E-state index contributed by atoms with van der Waals surface area (Å²) in [7, 11) is 0. The number of aryl methyl sites for hydroxylation is 1. The summed E-state index contributed by atoms with van der Waals surface area (Å²) < 4.78 is 13.2. The molecule has 1 N–H and O–H groups in total. The van der Waals surface area contributed by atoms with Crippen molar-refractivity contribution in [3.63, 3.8) is 0 Å². The molecule has 0 heterocycles. The van der Waals surface area contributed by atoms with Crippen LogP contribution in [0.3, 0.4) is 0 Å². The lowest BCUT2D eigenvalue weighted by atomic mass is 10.1. The Hall–Kier alpha value is -2.27. The molecule has 0 aromatic heterocycles. The van der Waals surface area contributed by atoms with E-state index < -0.39 is 0 Å². The van der Waals surface area contributed by atoms with Crippen LogP contribution in [0, 0.1) is 22.9 Å². The molecule has 1 atom stereocenters. The molecule has 1 unspecified atom stereocenters. The fraction of sp³-hybridized carbons (Fsp3) is 0.250. The predicted octanol–water partition coefficient (Wildman–Crippen LogP) is 3.89. The largest absolute Gasteiger partial charge is 0.306 e. The number of hydrogen-bond donors (Lipinski definition) is 1. The monoisotopic (exact) mass is 288 g/mol. The third-order valence-corrected chi connectivity index (χ3v) is 3.43. The molecule has 4 nitrogen and oxygen atoms in total. The third-order valence-electron chi connectivity index (χ3n) is 3.43. The summed E-state index contributed by atoms with van der Waals surface area (Å²) in [4.78, 5) is 10.5. The van der Waals surface area contributed by atoms with Gasteiger partial charge < -0.3 is 5.32 Å². The first-order chi connectivity index (χ1) is 9.97. The second-order valence-electron chi connectivity index (χ2n) is 5.04. The summed E-state index contributed by atoms with van der Waals surface area (Å²) in [5.41, 5.74) is 2.43. The Balaban J connectivity index is 2.06. The number of hydrogen-bond acceptors (Lipinski definition) is 3. The molecule has 5 heteroatoms. The minimum atomic E-state index is -0.380. The highest BCUT2D eigenvalue weighted by atomic mass is 19.1. The van der Waals surface area contributed by atoms with Crippen molar-refractivity contribution in [3.05, 3.63) is 75.1 Å². The lowest BCUT2D eigenvalue weighted by molar-refractivity contribution is -0.385. The zero-order chi connectivity index (χ0) is 15.4. The van der Waals surface area contributed by atoms with Crippen molar-refractivity contribution in [2.45, 2.75) is 26.4 Å². The van der Waals surface area contributed by atoms with Crippen molar-refractivity contribution < 1.29 is 9.31 Å². The summed E-state index contributed by atoms with van der Waals surface area (Å²) >= 11 is 0. The van der Waals surface area contributed by atoms with E-state index in [1.165, 1.54) is 12.1 Å². The SMILES string of the molecule is Cc1ccc(CNC(C)c2cccc(F)c2)cc1[N+](=O)[O-]. The van der Waals surface area contributed by atoms with Crippen molar-refractivity contribution in [2.75, 3.05) is 0 Å². The van der Waals surface area contributed by atoms with Crippen molar-refractivity contribution in [1.29, 1.82) is 0 Å². The number of benzene rings is 2. The first-order valence-electron chi connectivity index (χ1n) is 6.70. The van der Waals surface area contributed by atoms with Crippen LogP contribution < -0.4 is 5.32 Å². The summed E-state index contributed by atoms with van der Waals surface area (Å²) in [6.45, 7) is 4.13. The van der Waals surface area contributed by atoms with Gasteiger partial charge in [0.05, 0.1) is 4.92 Å². The summed E-state index contributed by atoms with van der Waals surface area (Å²) in [5.74, 6) is -0.271. The van der Waals surface area contributed by atoms with Gasteiger partial charge in [0.25, 0.3) is 5.69 Å². The number of nitrogens with zero attached hydrogens (tertiary/aromatic N) is 1. The maximum absolute atomic E-state index is 13.2. The van der Waals surface area contributed by atoms with Crippen LogP contribution in [0.2, 0.25) is 0 Å². The average molecular weight is 288 g/mol. The van der Waals surface area contributed by atoms with Gasteiger partial charge in [-0.1, -0.05) is 24.3 Å². The molecule has 0 fully saturated rings. The van der Waals surface area contributed by atoms with Gasteiger partial charge in [0.2, 0.25) is 0 Å². The standard InChI is InChI=1S/C16H17FN2O2/c1-11-6-7-13(8-16(11)19(20)21)10-18-12(2)14-4-3-5-15(17)9-14/h3-9,12,18H,10H2,1-2H3. The van der Waals surface area contributed by atoms with Crippen molar-refractivity contribution in [3.8, 4) is 0 Å². The van der Waals surface area contributed by atoms with E-state index >= 15 is 0 Å². The van der Waals surface area contributed by atoms with Gasteiger partial charge in [-0.25, -0.2) is 4.39 Å². The molecular formula is C16H17FN2O2. The van der Waals surface area contributed by atoms with Crippen LogP contribution in [0.25, 0.3) is 0 Å². The molecule has 0 aliphatic rings. The molecular weight excluding hydrogens is 271 g/mol. The molecule has 0 spiro atoms. The summed E-state index contributed by atoms with van der Waals surface area (Å²) in [6, 6.07) is 11.5. The van der Waals surface area contributed by atoms with E-state index in [2.05, 4.69) is 5.32 Å². The molecule has 2 aromatic rings. The molecule has 0 amide bonds. The summed E-state index contributed by atoms with van der Waals surface area (Å²) in [6.07, 6.45) is 0. The van der Waals surface area contributed by atoms with Crippen LogP contribution in [0.15, 0.2) is 42.5 Å². The molecule has 0 aliphatic heterocycles. The molecule has 0 saturated heterocycles. The van der Waals surface area contributed by atoms with E-state index in [1.807, 2.05) is 19.1 Å². The molecule has 0 saturated carbocycles. The first-order valence-corrected chi connectivity index (χ1v) is 6.70. The zero-order valence-electron chi connectivity index (χ0n) is 12.0. The molecule has 2 aromatic carbocycles.